The number of thiocarbonyl (C=S) groups is 1. The number of ether oxygens (including phenoxy) is 2. The Morgan fingerprint density at radius 1 is 1.00 bits per heavy atom. The first-order chi connectivity index (χ1) is 18.1. The summed E-state index contributed by atoms with van der Waals surface area (Å²) in [6, 6.07) is 7.80. The van der Waals surface area contributed by atoms with Crippen molar-refractivity contribution in [2.45, 2.75) is 116 Å². The van der Waals surface area contributed by atoms with Crippen molar-refractivity contribution in [1.29, 1.82) is 0 Å². The summed E-state index contributed by atoms with van der Waals surface area (Å²) in [7, 11) is 1.66. The minimum Gasteiger partial charge on any atom is -0.497 e. The predicted octanol–water partition coefficient (Wildman–Crippen LogP) is 6.04. The van der Waals surface area contributed by atoms with Crippen LogP contribution in [0.2, 0.25) is 0 Å². The average molecular weight is 546 g/mol. The molecule has 0 bridgehead atoms. The maximum atomic E-state index is 13.3. The Bertz CT molecular complexity index is 901. The summed E-state index contributed by atoms with van der Waals surface area (Å²) < 4.78 is 10.6. The molecule has 7 nitrogen and oxygen atoms in total. The number of benzene rings is 1. The molecule has 3 rings (SSSR count). The van der Waals surface area contributed by atoms with Crippen LogP contribution in [0.15, 0.2) is 24.3 Å². The molecule has 1 aromatic rings. The topological polar surface area (TPSA) is 88.7 Å². The first kappa shape index (κ1) is 30.2. The SMILES string of the molecule is COc1ccc(CNC(=S)[C@@H](CCC2CCCCC2)NC(=O)C2CCC(NC(=O)OC(C)(C)C)CC2)cc1. The molecule has 0 spiro atoms. The number of rotatable bonds is 10. The second-order valence-electron chi connectivity index (χ2n) is 11.9. The van der Waals surface area contributed by atoms with Gasteiger partial charge in [-0.3, -0.25) is 4.79 Å². The van der Waals surface area contributed by atoms with E-state index in [1.54, 1.807) is 7.11 Å². The number of carbonyl (C=O) groups is 2. The predicted molar refractivity (Wildman–Crippen MR) is 155 cm³/mol. The zero-order valence-electron chi connectivity index (χ0n) is 23.6. The Kier molecular flexibility index (Phi) is 11.7. The van der Waals surface area contributed by atoms with Crippen molar-refractivity contribution in [3.63, 3.8) is 0 Å². The Hall–Kier alpha value is -2.35. The molecule has 2 saturated carbocycles. The quantitative estimate of drug-likeness (QED) is 0.311. The fraction of sp³-hybridized carbons (Fsp3) is 0.700. The summed E-state index contributed by atoms with van der Waals surface area (Å²) in [6.07, 6.45) is 11.1. The third kappa shape index (κ3) is 10.4. The number of hydrogen-bond donors (Lipinski definition) is 3. The molecule has 212 valence electrons. The second kappa shape index (κ2) is 14.7. The number of methoxy groups -OCH3 is 1. The summed E-state index contributed by atoms with van der Waals surface area (Å²) >= 11 is 5.81. The molecule has 3 N–H and O–H groups in total. The molecular weight excluding hydrogens is 498 g/mol. The Labute approximate surface area is 234 Å². The van der Waals surface area contributed by atoms with E-state index >= 15 is 0 Å². The molecule has 1 atom stereocenters. The standard InChI is InChI=1S/C30H47N3O4S/c1-30(2,3)37-29(35)32-24-15-13-23(14-16-24)27(34)33-26(19-12-21-8-6-5-7-9-21)28(38)31-20-22-10-17-25(36-4)18-11-22/h10-11,17-18,21,23-24,26H,5-9,12-16,19-20H2,1-4H3,(H,31,38)(H,32,35)(H,33,34)/t23?,24?,26-/m1/s1. The van der Waals surface area contributed by atoms with Gasteiger partial charge in [0, 0.05) is 18.5 Å². The van der Waals surface area contributed by atoms with Gasteiger partial charge in [0.05, 0.1) is 18.1 Å². The summed E-state index contributed by atoms with van der Waals surface area (Å²) in [5.74, 6) is 1.56. The van der Waals surface area contributed by atoms with E-state index in [9.17, 15) is 9.59 Å². The van der Waals surface area contributed by atoms with Gasteiger partial charge in [0.15, 0.2) is 0 Å². The molecular formula is C30H47N3O4S. The van der Waals surface area contributed by atoms with Crippen LogP contribution in [0.3, 0.4) is 0 Å². The van der Waals surface area contributed by atoms with E-state index in [1.807, 2.05) is 45.0 Å². The maximum Gasteiger partial charge on any atom is 0.407 e. The van der Waals surface area contributed by atoms with Gasteiger partial charge in [-0.1, -0.05) is 56.5 Å². The molecule has 38 heavy (non-hydrogen) atoms. The van der Waals surface area contributed by atoms with Crippen molar-refractivity contribution in [2.24, 2.45) is 11.8 Å². The number of carbonyl (C=O) groups excluding carboxylic acids is 2. The molecule has 0 aromatic heterocycles. The van der Waals surface area contributed by atoms with E-state index in [1.165, 1.54) is 32.1 Å². The fourth-order valence-corrected chi connectivity index (χ4v) is 5.72. The van der Waals surface area contributed by atoms with Crippen molar-refractivity contribution in [3.8, 4) is 5.75 Å². The number of alkyl carbamates (subject to hydrolysis) is 1. The molecule has 0 aliphatic heterocycles. The number of amides is 2. The van der Waals surface area contributed by atoms with Gasteiger partial charge < -0.3 is 25.4 Å². The largest absolute Gasteiger partial charge is 0.497 e. The zero-order chi connectivity index (χ0) is 27.5. The van der Waals surface area contributed by atoms with E-state index in [0.717, 1.165) is 55.8 Å². The monoisotopic (exact) mass is 545 g/mol. The minimum absolute atomic E-state index is 0.0447. The van der Waals surface area contributed by atoms with Crippen LogP contribution in [0.1, 0.15) is 97.0 Å². The molecule has 0 radical (unpaired) electrons. The Morgan fingerprint density at radius 2 is 1.66 bits per heavy atom. The van der Waals surface area contributed by atoms with Gasteiger partial charge in [0.1, 0.15) is 11.4 Å². The molecule has 8 heteroatoms. The van der Waals surface area contributed by atoms with Crippen LogP contribution in [0.4, 0.5) is 4.79 Å². The normalized spacial score (nSPS) is 21.2. The molecule has 2 amide bonds. The second-order valence-corrected chi connectivity index (χ2v) is 12.3. The van der Waals surface area contributed by atoms with Crippen LogP contribution in [-0.2, 0) is 16.1 Å². The highest BCUT2D eigenvalue weighted by atomic mass is 32.1. The van der Waals surface area contributed by atoms with Crippen molar-refractivity contribution in [3.05, 3.63) is 29.8 Å². The molecule has 2 aliphatic rings. The molecule has 1 aromatic carbocycles. The minimum atomic E-state index is -0.520. The van der Waals surface area contributed by atoms with Gasteiger partial charge in [-0.25, -0.2) is 4.79 Å². The van der Waals surface area contributed by atoms with E-state index < -0.39 is 5.60 Å². The van der Waals surface area contributed by atoms with Crippen LogP contribution in [-0.4, -0.2) is 41.8 Å². The van der Waals surface area contributed by atoms with Crippen molar-refractivity contribution >= 4 is 29.2 Å². The number of hydrogen-bond acceptors (Lipinski definition) is 5. The fourth-order valence-electron chi connectivity index (χ4n) is 5.47. The average Bonchev–Trinajstić information content (AvgIpc) is 2.89. The van der Waals surface area contributed by atoms with Gasteiger partial charge in [-0.15, -0.1) is 0 Å². The highest BCUT2D eigenvalue weighted by Crippen LogP contribution is 2.29. The lowest BCUT2D eigenvalue weighted by molar-refractivity contribution is -0.126. The molecule has 2 aliphatic carbocycles. The van der Waals surface area contributed by atoms with E-state index in [4.69, 9.17) is 21.7 Å². The van der Waals surface area contributed by atoms with Crippen molar-refractivity contribution in [1.82, 2.24) is 16.0 Å². The molecule has 0 unspecified atom stereocenters. The maximum absolute atomic E-state index is 13.3. The van der Waals surface area contributed by atoms with Crippen LogP contribution < -0.4 is 20.7 Å². The molecule has 2 fully saturated rings. The van der Waals surface area contributed by atoms with E-state index in [2.05, 4.69) is 16.0 Å². The smallest absolute Gasteiger partial charge is 0.407 e. The zero-order valence-corrected chi connectivity index (χ0v) is 24.5. The van der Waals surface area contributed by atoms with Crippen LogP contribution >= 0.6 is 12.2 Å². The summed E-state index contributed by atoms with van der Waals surface area (Å²) in [6.45, 7) is 6.18. The van der Waals surface area contributed by atoms with Crippen LogP contribution in [0, 0.1) is 11.8 Å². The molecule has 0 saturated heterocycles. The van der Waals surface area contributed by atoms with Gasteiger partial charge in [-0.05, 0) is 82.9 Å². The summed E-state index contributed by atoms with van der Waals surface area (Å²) in [4.78, 5) is 26.1. The van der Waals surface area contributed by atoms with Crippen molar-refractivity contribution < 1.29 is 19.1 Å². The Balaban J connectivity index is 1.52. The number of nitrogens with one attached hydrogen (secondary N) is 3. The summed E-state index contributed by atoms with van der Waals surface area (Å²) in [5, 5.41) is 9.65. The summed E-state index contributed by atoms with van der Waals surface area (Å²) in [5.41, 5.74) is 0.592. The third-order valence-corrected chi connectivity index (χ3v) is 8.09. The van der Waals surface area contributed by atoms with Crippen molar-refractivity contribution in [2.75, 3.05) is 7.11 Å². The highest BCUT2D eigenvalue weighted by Gasteiger charge is 2.30. The lowest BCUT2D eigenvalue weighted by atomic mass is 9.84. The van der Waals surface area contributed by atoms with E-state index in [-0.39, 0.29) is 30.0 Å². The van der Waals surface area contributed by atoms with Crippen LogP contribution in [0.5, 0.6) is 5.75 Å². The third-order valence-electron chi connectivity index (χ3n) is 7.67. The van der Waals surface area contributed by atoms with Gasteiger partial charge in [0.2, 0.25) is 5.91 Å². The van der Waals surface area contributed by atoms with Gasteiger partial charge in [-0.2, -0.15) is 0 Å². The van der Waals surface area contributed by atoms with Gasteiger partial charge >= 0.3 is 6.09 Å². The Morgan fingerprint density at radius 3 is 2.26 bits per heavy atom. The first-order valence-electron chi connectivity index (χ1n) is 14.3. The lowest BCUT2D eigenvalue weighted by Crippen LogP contribution is -2.49. The van der Waals surface area contributed by atoms with Gasteiger partial charge in [0.25, 0.3) is 0 Å². The highest BCUT2D eigenvalue weighted by molar-refractivity contribution is 7.80. The molecule has 0 heterocycles. The first-order valence-corrected chi connectivity index (χ1v) is 14.7. The lowest BCUT2D eigenvalue weighted by Gasteiger charge is -2.31. The van der Waals surface area contributed by atoms with Crippen LogP contribution in [0.25, 0.3) is 0 Å². The van der Waals surface area contributed by atoms with E-state index in [0.29, 0.717) is 11.5 Å².